The summed E-state index contributed by atoms with van der Waals surface area (Å²) in [6.07, 6.45) is 6.36. The predicted octanol–water partition coefficient (Wildman–Crippen LogP) is 7.20. The Morgan fingerprint density at radius 3 is 2.61 bits per heavy atom. The van der Waals surface area contributed by atoms with Crippen LogP contribution in [0.2, 0.25) is 5.02 Å². The maximum atomic E-state index is 12.0. The molecular formula is C29H33ClN2O3S. The number of amides is 1. The Bertz CT molecular complexity index is 1230. The lowest BCUT2D eigenvalue weighted by Gasteiger charge is -2.20. The third-order valence-corrected chi connectivity index (χ3v) is 7.57. The van der Waals surface area contributed by atoms with Gasteiger partial charge in [0.05, 0.1) is 11.2 Å². The number of rotatable bonds is 12. The van der Waals surface area contributed by atoms with E-state index in [9.17, 15) is 9.59 Å². The highest BCUT2D eigenvalue weighted by Gasteiger charge is 2.17. The second-order valence-corrected chi connectivity index (χ2v) is 11.0. The van der Waals surface area contributed by atoms with E-state index in [1.54, 1.807) is 30.8 Å². The first-order valence-corrected chi connectivity index (χ1v) is 13.5. The van der Waals surface area contributed by atoms with Crippen LogP contribution in [-0.4, -0.2) is 46.7 Å². The van der Waals surface area contributed by atoms with E-state index in [0.717, 1.165) is 40.8 Å². The lowest BCUT2D eigenvalue weighted by atomic mass is 9.97. The van der Waals surface area contributed by atoms with E-state index in [1.165, 1.54) is 5.56 Å². The molecule has 2 aromatic carbocycles. The molecule has 0 spiro atoms. The molecule has 0 radical (unpaired) electrons. The number of thioether (sulfide) groups is 1. The summed E-state index contributed by atoms with van der Waals surface area (Å²) in [4.78, 5) is 29.4. The number of pyridine rings is 1. The molecular weight excluding hydrogens is 492 g/mol. The van der Waals surface area contributed by atoms with Gasteiger partial charge in [0.25, 0.3) is 0 Å². The maximum Gasteiger partial charge on any atom is 0.303 e. The van der Waals surface area contributed by atoms with Gasteiger partial charge in [-0.3, -0.25) is 9.59 Å². The van der Waals surface area contributed by atoms with Crippen molar-refractivity contribution in [1.82, 2.24) is 9.88 Å². The van der Waals surface area contributed by atoms with Gasteiger partial charge in [-0.25, -0.2) is 4.98 Å². The van der Waals surface area contributed by atoms with Crippen LogP contribution in [0.5, 0.6) is 0 Å². The zero-order chi connectivity index (χ0) is 26.1. The molecule has 2 atom stereocenters. The minimum absolute atomic E-state index is 0.101. The number of carboxylic acids is 1. The van der Waals surface area contributed by atoms with Crippen molar-refractivity contribution in [3.8, 4) is 0 Å². The van der Waals surface area contributed by atoms with Crippen LogP contribution >= 0.6 is 23.4 Å². The number of hydrogen-bond donors (Lipinski definition) is 1. The Hall–Kier alpha value is -2.83. The quantitative estimate of drug-likeness (QED) is 0.271. The summed E-state index contributed by atoms with van der Waals surface area (Å²) < 4.78 is 0. The molecule has 0 bridgehead atoms. The van der Waals surface area contributed by atoms with E-state index in [1.807, 2.05) is 55.5 Å². The van der Waals surface area contributed by atoms with E-state index in [4.69, 9.17) is 21.7 Å². The molecule has 5 nitrogen and oxygen atoms in total. The van der Waals surface area contributed by atoms with Crippen LogP contribution < -0.4 is 0 Å². The van der Waals surface area contributed by atoms with Gasteiger partial charge in [0, 0.05) is 48.3 Å². The number of nitrogens with zero attached hydrogens (tertiary/aromatic N) is 2. The number of benzene rings is 2. The van der Waals surface area contributed by atoms with Gasteiger partial charge >= 0.3 is 5.97 Å². The Morgan fingerprint density at radius 2 is 1.86 bits per heavy atom. The molecule has 1 aromatic heterocycles. The number of aromatic nitrogens is 1. The van der Waals surface area contributed by atoms with E-state index in [2.05, 4.69) is 18.2 Å². The minimum Gasteiger partial charge on any atom is -0.481 e. The van der Waals surface area contributed by atoms with Crippen LogP contribution in [0.4, 0.5) is 0 Å². The molecule has 1 N–H and O–H groups in total. The van der Waals surface area contributed by atoms with Crippen molar-refractivity contribution < 1.29 is 14.7 Å². The summed E-state index contributed by atoms with van der Waals surface area (Å²) in [6.45, 7) is 1.98. The molecule has 2 unspecified atom stereocenters. The van der Waals surface area contributed by atoms with Crippen molar-refractivity contribution in [2.75, 3.05) is 19.8 Å². The summed E-state index contributed by atoms with van der Waals surface area (Å²) in [7, 11) is 3.54. The molecule has 0 saturated carbocycles. The third-order valence-electron chi connectivity index (χ3n) is 5.98. The van der Waals surface area contributed by atoms with E-state index in [0.29, 0.717) is 11.4 Å². The molecule has 0 aliphatic heterocycles. The predicted molar refractivity (Wildman–Crippen MR) is 151 cm³/mol. The van der Waals surface area contributed by atoms with E-state index < -0.39 is 5.97 Å². The second-order valence-electron chi connectivity index (χ2n) is 9.25. The summed E-state index contributed by atoms with van der Waals surface area (Å²) >= 11 is 7.88. The number of carboxylic acid groups (broad SMARTS) is 1. The van der Waals surface area contributed by atoms with Crippen molar-refractivity contribution in [1.29, 1.82) is 0 Å². The van der Waals surface area contributed by atoms with Gasteiger partial charge in [0.1, 0.15) is 0 Å². The molecule has 7 heteroatoms. The molecule has 0 fully saturated rings. The van der Waals surface area contributed by atoms with Gasteiger partial charge in [-0.15, -0.1) is 0 Å². The Kier molecular flexibility index (Phi) is 10.4. The van der Waals surface area contributed by atoms with Crippen LogP contribution in [0.15, 0.2) is 54.6 Å². The zero-order valence-corrected chi connectivity index (χ0v) is 22.6. The number of hydrogen-bond acceptors (Lipinski definition) is 4. The second kappa shape index (κ2) is 13.5. The summed E-state index contributed by atoms with van der Waals surface area (Å²) in [6, 6.07) is 18.1. The van der Waals surface area contributed by atoms with Crippen molar-refractivity contribution in [3.05, 3.63) is 76.4 Å². The number of carbonyl (C=O) groups is 2. The molecule has 1 heterocycles. The molecule has 0 aliphatic rings. The fraction of sp³-hybridized carbons (Fsp3) is 0.345. The minimum atomic E-state index is -0.764. The van der Waals surface area contributed by atoms with Crippen molar-refractivity contribution in [2.45, 2.75) is 37.9 Å². The van der Waals surface area contributed by atoms with Crippen LogP contribution in [0, 0.1) is 5.92 Å². The fourth-order valence-corrected chi connectivity index (χ4v) is 5.32. The number of aliphatic carboxylic acids is 1. The number of fused-ring (bicyclic) bond motifs is 1. The molecule has 1 amide bonds. The number of carbonyl (C=O) groups excluding carboxylic acids is 1. The largest absolute Gasteiger partial charge is 0.481 e. The van der Waals surface area contributed by atoms with Crippen molar-refractivity contribution >= 4 is 58.3 Å². The average Bonchev–Trinajstić information content (AvgIpc) is 2.84. The molecule has 3 aromatic rings. The smallest absolute Gasteiger partial charge is 0.303 e. The van der Waals surface area contributed by atoms with Gasteiger partial charge in [0.15, 0.2) is 0 Å². The van der Waals surface area contributed by atoms with Crippen LogP contribution in [0.3, 0.4) is 0 Å². The van der Waals surface area contributed by atoms with E-state index >= 15 is 0 Å². The Labute approximate surface area is 222 Å². The van der Waals surface area contributed by atoms with Crippen LogP contribution in [0.25, 0.3) is 23.1 Å². The standard InChI is InChI=1S/C29H33ClN2O3S/c1-20(17-29(34)35)7-14-27(36-16-15-28(33)32(2)3)23-6-4-5-21(18-23)8-12-25-13-10-22-9-11-24(30)19-26(22)31-25/h4-6,8-13,18-20,27H,7,14-17H2,1-3H3,(H,34,35)/b12-8+. The van der Waals surface area contributed by atoms with Crippen molar-refractivity contribution in [2.24, 2.45) is 5.92 Å². The van der Waals surface area contributed by atoms with Gasteiger partial charge in [0.2, 0.25) is 5.91 Å². The monoisotopic (exact) mass is 524 g/mol. The topological polar surface area (TPSA) is 70.5 Å². The first kappa shape index (κ1) is 27.8. The maximum absolute atomic E-state index is 12.0. The average molecular weight is 525 g/mol. The SMILES string of the molecule is CC(CCC(SCCC(=O)N(C)C)c1cccc(/C=C/c2ccc3ccc(Cl)cc3n2)c1)CC(=O)O. The third kappa shape index (κ3) is 8.68. The summed E-state index contributed by atoms with van der Waals surface area (Å²) in [5, 5.41) is 11.0. The lowest BCUT2D eigenvalue weighted by Crippen LogP contribution is -2.22. The van der Waals surface area contributed by atoms with E-state index in [-0.39, 0.29) is 23.5 Å². The fourth-order valence-electron chi connectivity index (χ4n) is 3.94. The van der Waals surface area contributed by atoms with Gasteiger partial charge < -0.3 is 10.0 Å². The Morgan fingerprint density at radius 1 is 1.08 bits per heavy atom. The van der Waals surface area contributed by atoms with Crippen molar-refractivity contribution in [3.63, 3.8) is 0 Å². The molecule has 3 rings (SSSR count). The highest BCUT2D eigenvalue weighted by Crippen LogP contribution is 2.36. The summed E-state index contributed by atoms with van der Waals surface area (Å²) in [5.74, 6) is 0.171. The molecule has 36 heavy (non-hydrogen) atoms. The lowest BCUT2D eigenvalue weighted by molar-refractivity contribution is -0.138. The van der Waals surface area contributed by atoms with Gasteiger partial charge in [-0.1, -0.05) is 61.0 Å². The first-order valence-electron chi connectivity index (χ1n) is 12.1. The van der Waals surface area contributed by atoms with Gasteiger partial charge in [-0.05, 0) is 54.2 Å². The highest BCUT2D eigenvalue weighted by molar-refractivity contribution is 7.99. The van der Waals surface area contributed by atoms with Gasteiger partial charge in [-0.2, -0.15) is 11.8 Å². The van der Waals surface area contributed by atoms with Crippen LogP contribution in [0.1, 0.15) is 54.7 Å². The van der Waals surface area contributed by atoms with Crippen LogP contribution in [-0.2, 0) is 9.59 Å². The normalized spacial score (nSPS) is 13.1. The summed E-state index contributed by atoms with van der Waals surface area (Å²) in [5.41, 5.74) is 3.96. The highest BCUT2D eigenvalue weighted by atomic mass is 35.5. The molecule has 0 aliphatic carbocycles. The molecule has 190 valence electrons. The molecule has 0 saturated heterocycles. The number of halogens is 1. The Balaban J connectivity index is 1.75. The first-order chi connectivity index (χ1) is 17.2. The zero-order valence-electron chi connectivity index (χ0n) is 21.0.